The SMILES string of the molecule is Cc1nc2c(sc(=S)n2Cc2ccco2)c(=O)n1Cc1c(F)cccc1Cl. The Morgan fingerprint density at radius 1 is 1.26 bits per heavy atom. The van der Waals surface area contributed by atoms with Crippen molar-refractivity contribution in [3.63, 3.8) is 0 Å². The Labute approximate surface area is 167 Å². The van der Waals surface area contributed by atoms with E-state index in [-0.39, 0.29) is 22.7 Å². The van der Waals surface area contributed by atoms with Gasteiger partial charge in [0, 0.05) is 10.6 Å². The second kappa shape index (κ2) is 7.03. The topological polar surface area (TPSA) is 53.0 Å². The van der Waals surface area contributed by atoms with Gasteiger partial charge in [-0.15, -0.1) is 0 Å². The van der Waals surface area contributed by atoms with Gasteiger partial charge < -0.3 is 4.42 Å². The minimum atomic E-state index is -0.461. The molecule has 27 heavy (non-hydrogen) atoms. The molecule has 0 radical (unpaired) electrons. The van der Waals surface area contributed by atoms with Gasteiger partial charge in [-0.25, -0.2) is 9.37 Å². The lowest BCUT2D eigenvalue weighted by Crippen LogP contribution is -2.25. The molecular formula is C18H13ClFN3O2S2. The van der Waals surface area contributed by atoms with Crippen LogP contribution < -0.4 is 5.56 Å². The molecule has 0 bridgehead atoms. The lowest BCUT2D eigenvalue weighted by atomic mass is 10.2. The van der Waals surface area contributed by atoms with Crippen LogP contribution in [0.1, 0.15) is 17.1 Å². The highest BCUT2D eigenvalue weighted by atomic mass is 35.5. The number of thiazole rings is 1. The number of hydrogen-bond donors (Lipinski definition) is 0. The third-order valence-electron chi connectivity index (χ3n) is 4.24. The second-order valence-corrected chi connectivity index (χ2v) is 7.99. The number of fused-ring (bicyclic) bond motifs is 1. The number of rotatable bonds is 4. The molecule has 0 aliphatic rings. The molecule has 9 heteroatoms. The predicted molar refractivity (Wildman–Crippen MR) is 106 cm³/mol. The van der Waals surface area contributed by atoms with E-state index in [1.807, 2.05) is 6.07 Å². The van der Waals surface area contributed by atoms with Crippen LogP contribution >= 0.6 is 35.2 Å². The molecule has 0 saturated carbocycles. The molecule has 138 valence electrons. The molecule has 0 aliphatic carbocycles. The van der Waals surface area contributed by atoms with Gasteiger partial charge in [0.05, 0.1) is 19.4 Å². The van der Waals surface area contributed by atoms with Gasteiger partial charge >= 0.3 is 0 Å². The van der Waals surface area contributed by atoms with Crippen molar-refractivity contribution in [2.75, 3.05) is 0 Å². The first-order valence-electron chi connectivity index (χ1n) is 8.01. The van der Waals surface area contributed by atoms with E-state index in [1.54, 1.807) is 29.9 Å². The minimum Gasteiger partial charge on any atom is -0.467 e. The molecule has 0 amide bonds. The van der Waals surface area contributed by atoms with Crippen molar-refractivity contribution >= 4 is 45.5 Å². The van der Waals surface area contributed by atoms with E-state index in [0.717, 1.165) is 0 Å². The molecule has 3 aromatic heterocycles. The maximum atomic E-state index is 14.1. The zero-order valence-electron chi connectivity index (χ0n) is 14.1. The first-order valence-corrected chi connectivity index (χ1v) is 9.62. The molecule has 1 aromatic carbocycles. The fraction of sp³-hybridized carbons (Fsp3) is 0.167. The summed E-state index contributed by atoms with van der Waals surface area (Å²) < 4.78 is 23.6. The van der Waals surface area contributed by atoms with E-state index in [2.05, 4.69) is 4.98 Å². The van der Waals surface area contributed by atoms with Gasteiger partial charge in [-0.3, -0.25) is 13.9 Å². The Bertz CT molecular complexity index is 1240. The van der Waals surface area contributed by atoms with Crippen molar-refractivity contribution in [1.82, 2.24) is 14.1 Å². The summed E-state index contributed by atoms with van der Waals surface area (Å²) in [6.07, 6.45) is 1.58. The fourth-order valence-corrected chi connectivity index (χ4v) is 4.36. The van der Waals surface area contributed by atoms with Crippen molar-refractivity contribution in [2.45, 2.75) is 20.0 Å². The van der Waals surface area contributed by atoms with Crippen LogP contribution in [0, 0.1) is 16.7 Å². The van der Waals surface area contributed by atoms with Gasteiger partial charge in [-0.05, 0) is 43.4 Å². The number of aryl methyl sites for hydroxylation is 1. The summed E-state index contributed by atoms with van der Waals surface area (Å²) in [6, 6.07) is 8.06. The lowest BCUT2D eigenvalue weighted by Gasteiger charge is -2.12. The third-order valence-corrected chi connectivity index (χ3v) is 6.02. The van der Waals surface area contributed by atoms with E-state index < -0.39 is 5.82 Å². The summed E-state index contributed by atoms with van der Waals surface area (Å²) in [6.45, 7) is 2.09. The average molecular weight is 422 g/mol. The van der Waals surface area contributed by atoms with E-state index in [1.165, 1.54) is 28.0 Å². The van der Waals surface area contributed by atoms with E-state index >= 15 is 0 Å². The van der Waals surface area contributed by atoms with Crippen LogP contribution in [0.15, 0.2) is 45.8 Å². The molecule has 0 unspecified atom stereocenters. The Hall–Kier alpha value is -2.29. The number of hydrogen-bond acceptors (Lipinski definition) is 5. The first kappa shape index (κ1) is 18.1. The molecule has 0 N–H and O–H groups in total. The molecule has 0 saturated heterocycles. The summed E-state index contributed by atoms with van der Waals surface area (Å²) in [5.41, 5.74) is 0.482. The number of aromatic nitrogens is 3. The second-order valence-electron chi connectivity index (χ2n) is 5.94. The van der Waals surface area contributed by atoms with Crippen LogP contribution in [0.5, 0.6) is 0 Å². The Balaban J connectivity index is 1.85. The highest BCUT2D eigenvalue weighted by Crippen LogP contribution is 2.23. The number of benzene rings is 1. The van der Waals surface area contributed by atoms with Crippen molar-refractivity contribution in [1.29, 1.82) is 0 Å². The summed E-state index contributed by atoms with van der Waals surface area (Å²) in [5.74, 6) is 0.706. The highest BCUT2D eigenvalue weighted by Gasteiger charge is 2.17. The molecular weight excluding hydrogens is 409 g/mol. The van der Waals surface area contributed by atoms with Crippen LogP contribution in [-0.2, 0) is 13.1 Å². The Morgan fingerprint density at radius 2 is 2.07 bits per heavy atom. The van der Waals surface area contributed by atoms with Crippen molar-refractivity contribution in [3.8, 4) is 0 Å². The summed E-state index contributed by atoms with van der Waals surface area (Å²) in [4.78, 5) is 17.6. The van der Waals surface area contributed by atoms with Crippen LogP contribution in [0.3, 0.4) is 0 Å². The van der Waals surface area contributed by atoms with Gasteiger partial charge in [0.2, 0.25) is 0 Å². The number of nitrogens with zero attached hydrogens (tertiary/aromatic N) is 3. The van der Waals surface area contributed by atoms with Crippen molar-refractivity contribution in [2.24, 2.45) is 0 Å². The number of furan rings is 1. The Morgan fingerprint density at radius 3 is 2.78 bits per heavy atom. The van der Waals surface area contributed by atoms with Crippen LogP contribution in [0.4, 0.5) is 4.39 Å². The van der Waals surface area contributed by atoms with Gasteiger partial charge in [-0.2, -0.15) is 0 Å². The predicted octanol–water partition coefficient (Wildman–Crippen LogP) is 4.78. The quantitative estimate of drug-likeness (QED) is 0.445. The maximum absolute atomic E-state index is 14.1. The summed E-state index contributed by atoms with van der Waals surface area (Å²) in [5, 5.41) is 0.268. The highest BCUT2D eigenvalue weighted by molar-refractivity contribution is 7.73. The number of halogens is 2. The zero-order valence-corrected chi connectivity index (χ0v) is 16.5. The molecule has 4 aromatic rings. The summed E-state index contributed by atoms with van der Waals surface area (Å²) >= 11 is 12.7. The first-order chi connectivity index (χ1) is 13.0. The average Bonchev–Trinajstić information content (AvgIpc) is 3.24. The molecule has 0 fully saturated rings. The smallest absolute Gasteiger partial charge is 0.273 e. The Kier molecular flexibility index (Phi) is 4.71. The molecule has 0 atom stereocenters. The lowest BCUT2D eigenvalue weighted by molar-refractivity contribution is 0.495. The van der Waals surface area contributed by atoms with Crippen LogP contribution in [-0.4, -0.2) is 14.1 Å². The van der Waals surface area contributed by atoms with Gasteiger partial charge in [0.1, 0.15) is 22.1 Å². The monoisotopic (exact) mass is 421 g/mol. The maximum Gasteiger partial charge on any atom is 0.273 e. The molecule has 0 aliphatic heterocycles. The largest absolute Gasteiger partial charge is 0.467 e. The molecule has 5 nitrogen and oxygen atoms in total. The van der Waals surface area contributed by atoms with E-state index in [0.29, 0.717) is 32.4 Å². The molecule has 3 heterocycles. The van der Waals surface area contributed by atoms with Gasteiger partial charge in [-0.1, -0.05) is 29.0 Å². The standard InChI is InChI=1S/C18H13ClFN3O2S2/c1-10-21-16-15(27-18(26)23(16)8-11-4-3-7-25-11)17(24)22(10)9-12-13(19)5-2-6-14(12)20/h2-7H,8-9H2,1H3. The molecule has 4 rings (SSSR count). The van der Waals surface area contributed by atoms with Crippen molar-refractivity contribution < 1.29 is 8.81 Å². The van der Waals surface area contributed by atoms with Gasteiger partial charge in [0.15, 0.2) is 9.60 Å². The summed E-state index contributed by atoms with van der Waals surface area (Å²) in [7, 11) is 0. The zero-order chi connectivity index (χ0) is 19.1. The van der Waals surface area contributed by atoms with Crippen molar-refractivity contribution in [3.05, 3.63) is 78.9 Å². The van der Waals surface area contributed by atoms with Gasteiger partial charge in [0.25, 0.3) is 5.56 Å². The molecule has 0 spiro atoms. The minimum absolute atomic E-state index is 0.00194. The third kappa shape index (κ3) is 3.24. The fourth-order valence-electron chi connectivity index (χ4n) is 2.86. The van der Waals surface area contributed by atoms with Crippen LogP contribution in [0.2, 0.25) is 5.02 Å². The van der Waals surface area contributed by atoms with Crippen LogP contribution in [0.25, 0.3) is 10.3 Å². The van der Waals surface area contributed by atoms with E-state index in [9.17, 15) is 9.18 Å². The normalized spacial score (nSPS) is 11.4. The van der Waals surface area contributed by atoms with E-state index in [4.69, 9.17) is 28.2 Å².